The number of nitrogens with zero attached hydrogens (tertiary/aromatic N) is 3. The molecular weight excluding hydrogens is 392 g/mol. The molecule has 4 heterocycles. The predicted molar refractivity (Wildman–Crippen MR) is 131 cm³/mol. The summed E-state index contributed by atoms with van der Waals surface area (Å²) in [5, 5.41) is 3.61. The third-order valence-electron chi connectivity index (χ3n) is 8.89. The monoisotopic (exact) mass is 428 g/mol. The van der Waals surface area contributed by atoms with Gasteiger partial charge in [-0.2, -0.15) is 0 Å². The first-order valence-corrected chi connectivity index (χ1v) is 12.7. The molecule has 3 aromatic rings. The zero-order valence-electron chi connectivity index (χ0n) is 19.4. The number of fused-ring (bicyclic) bond motifs is 3. The first-order valence-electron chi connectivity index (χ1n) is 12.7. The van der Waals surface area contributed by atoms with E-state index in [1.54, 1.807) is 5.56 Å². The molecule has 4 heteroatoms. The van der Waals surface area contributed by atoms with Crippen molar-refractivity contribution in [3.05, 3.63) is 66.0 Å². The number of hydrogen-bond donors (Lipinski definition) is 1. The summed E-state index contributed by atoms with van der Waals surface area (Å²) in [5.41, 5.74) is 4.42. The number of hydrogen-bond acceptors (Lipinski definition) is 3. The van der Waals surface area contributed by atoms with Gasteiger partial charge in [-0.05, 0) is 94.5 Å². The van der Waals surface area contributed by atoms with E-state index in [1.165, 1.54) is 69.3 Å². The second kappa shape index (κ2) is 8.00. The van der Waals surface area contributed by atoms with Gasteiger partial charge in [0.2, 0.25) is 0 Å². The van der Waals surface area contributed by atoms with Crippen molar-refractivity contribution < 1.29 is 0 Å². The van der Waals surface area contributed by atoms with E-state index in [2.05, 4.69) is 76.3 Å². The quantitative estimate of drug-likeness (QED) is 0.594. The lowest BCUT2D eigenvalue weighted by Crippen LogP contribution is -2.54. The molecule has 2 unspecified atom stereocenters. The van der Waals surface area contributed by atoms with Gasteiger partial charge in [0.05, 0.1) is 16.7 Å². The lowest BCUT2D eigenvalue weighted by molar-refractivity contribution is -0.0121. The molecule has 0 radical (unpaired) electrons. The fourth-order valence-electron chi connectivity index (χ4n) is 7.36. The van der Waals surface area contributed by atoms with Crippen LogP contribution in [0.2, 0.25) is 0 Å². The van der Waals surface area contributed by atoms with Crippen molar-refractivity contribution in [3.63, 3.8) is 0 Å². The average molecular weight is 429 g/mol. The van der Waals surface area contributed by atoms with Crippen molar-refractivity contribution >= 4 is 11.0 Å². The molecule has 3 fully saturated rings. The lowest BCUT2D eigenvalue weighted by atomic mass is 9.70. The Kier molecular flexibility index (Phi) is 5.11. The van der Waals surface area contributed by atoms with Crippen LogP contribution in [0.5, 0.6) is 0 Å². The molecule has 6 rings (SSSR count). The molecule has 2 bridgehead atoms. The van der Waals surface area contributed by atoms with Gasteiger partial charge in [0.15, 0.2) is 0 Å². The first kappa shape index (κ1) is 20.4. The third kappa shape index (κ3) is 3.14. The van der Waals surface area contributed by atoms with E-state index in [0.717, 1.165) is 24.6 Å². The second-order valence-corrected chi connectivity index (χ2v) is 10.4. The summed E-state index contributed by atoms with van der Waals surface area (Å²) in [7, 11) is 0. The van der Waals surface area contributed by atoms with Gasteiger partial charge in [0.1, 0.15) is 5.82 Å². The number of imidazole rings is 1. The van der Waals surface area contributed by atoms with Crippen molar-refractivity contribution in [1.29, 1.82) is 0 Å². The molecular formula is C28H36N4. The van der Waals surface area contributed by atoms with Crippen LogP contribution in [0.1, 0.15) is 62.8 Å². The molecule has 3 aliphatic heterocycles. The van der Waals surface area contributed by atoms with Crippen LogP contribution in [0.4, 0.5) is 0 Å². The van der Waals surface area contributed by atoms with Gasteiger partial charge in [0, 0.05) is 12.6 Å². The molecule has 0 spiro atoms. The third-order valence-corrected chi connectivity index (χ3v) is 8.89. The highest BCUT2D eigenvalue weighted by Gasteiger charge is 2.51. The maximum atomic E-state index is 4.97. The maximum Gasteiger partial charge on any atom is 0.108 e. The summed E-state index contributed by atoms with van der Waals surface area (Å²) >= 11 is 0. The molecule has 0 saturated carbocycles. The Morgan fingerprint density at radius 2 is 1.72 bits per heavy atom. The summed E-state index contributed by atoms with van der Waals surface area (Å²) in [6.07, 6.45) is 10.3. The normalized spacial score (nSPS) is 27.7. The smallest absolute Gasteiger partial charge is 0.108 e. The van der Waals surface area contributed by atoms with Crippen molar-refractivity contribution in [2.24, 2.45) is 0 Å². The fraction of sp³-hybridized carbons (Fsp3) is 0.536. The number of aromatic nitrogens is 2. The van der Waals surface area contributed by atoms with Gasteiger partial charge in [-0.3, -0.25) is 4.90 Å². The van der Waals surface area contributed by atoms with Crippen LogP contribution in [0.3, 0.4) is 0 Å². The molecule has 2 atom stereocenters. The summed E-state index contributed by atoms with van der Waals surface area (Å²) in [6, 6.07) is 20.8. The molecule has 3 aliphatic rings. The van der Waals surface area contributed by atoms with E-state index in [1.807, 2.05) is 0 Å². The van der Waals surface area contributed by atoms with Crippen LogP contribution in [-0.4, -0.2) is 40.1 Å². The molecule has 0 amide bonds. The van der Waals surface area contributed by atoms with E-state index in [-0.39, 0.29) is 5.66 Å². The van der Waals surface area contributed by atoms with Crippen molar-refractivity contribution in [3.8, 4) is 0 Å². The largest absolute Gasteiger partial charge is 0.317 e. The van der Waals surface area contributed by atoms with Gasteiger partial charge in [-0.15, -0.1) is 0 Å². The van der Waals surface area contributed by atoms with Crippen LogP contribution >= 0.6 is 0 Å². The Labute approximate surface area is 192 Å². The molecule has 32 heavy (non-hydrogen) atoms. The summed E-state index contributed by atoms with van der Waals surface area (Å²) in [6.45, 7) is 5.67. The van der Waals surface area contributed by atoms with Crippen molar-refractivity contribution in [2.45, 2.75) is 75.4 Å². The zero-order chi connectivity index (χ0) is 21.6. The van der Waals surface area contributed by atoms with Gasteiger partial charge in [-0.1, -0.05) is 42.5 Å². The molecule has 1 aromatic heterocycles. The van der Waals surface area contributed by atoms with Crippen molar-refractivity contribution in [2.75, 3.05) is 19.6 Å². The molecule has 1 N–H and O–H groups in total. The molecule has 4 nitrogen and oxygen atoms in total. The van der Waals surface area contributed by atoms with E-state index in [9.17, 15) is 0 Å². The Morgan fingerprint density at radius 3 is 2.56 bits per heavy atom. The van der Waals surface area contributed by atoms with Crippen LogP contribution in [0.25, 0.3) is 11.0 Å². The summed E-state index contributed by atoms with van der Waals surface area (Å²) < 4.78 is 2.62. The maximum absolute atomic E-state index is 4.97. The lowest BCUT2D eigenvalue weighted by Gasteiger charge is -2.48. The van der Waals surface area contributed by atoms with Crippen LogP contribution in [-0.2, 0) is 11.1 Å². The number of benzene rings is 2. The predicted octanol–water partition coefficient (Wildman–Crippen LogP) is 5.36. The minimum Gasteiger partial charge on any atom is -0.317 e. The topological polar surface area (TPSA) is 33.1 Å². The van der Waals surface area contributed by atoms with E-state index >= 15 is 0 Å². The van der Waals surface area contributed by atoms with Crippen LogP contribution < -0.4 is 5.32 Å². The standard InChI is InChI=1S/C28H36N4/c1-22-30-25-11-5-6-12-26(25)32(22)28-14-7-10-24(13-15-28)31(28)21-18-27(16-19-29-20-17-27)23-8-3-2-4-9-23/h2-6,8-9,11-12,24,29H,7,10,13-21H2,1H3. The number of para-hydroxylation sites is 2. The average Bonchev–Trinajstić information content (AvgIpc) is 3.27. The number of aryl methyl sites for hydroxylation is 1. The Hall–Kier alpha value is -2.17. The highest BCUT2D eigenvalue weighted by Crippen LogP contribution is 2.50. The Morgan fingerprint density at radius 1 is 0.938 bits per heavy atom. The first-order chi connectivity index (χ1) is 15.7. The number of rotatable bonds is 5. The van der Waals surface area contributed by atoms with Crippen LogP contribution in [0, 0.1) is 6.92 Å². The highest BCUT2D eigenvalue weighted by atomic mass is 15.4. The Bertz CT molecular complexity index is 1080. The number of nitrogens with one attached hydrogen (secondary N) is 1. The summed E-state index contributed by atoms with van der Waals surface area (Å²) in [4.78, 5) is 7.89. The Balaban J connectivity index is 1.36. The van der Waals surface area contributed by atoms with Gasteiger partial charge < -0.3 is 9.88 Å². The van der Waals surface area contributed by atoms with Crippen molar-refractivity contribution in [1.82, 2.24) is 19.8 Å². The van der Waals surface area contributed by atoms with Crippen LogP contribution in [0.15, 0.2) is 54.6 Å². The highest BCUT2D eigenvalue weighted by molar-refractivity contribution is 5.76. The minimum absolute atomic E-state index is 0.105. The van der Waals surface area contributed by atoms with E-state index in [4.69, 9.17) is 4.98 Å². The molecule has 3 saturated heterocycles. The molecule has 2 aromatic carbocycles. The minimum atomic E-state index is 0.105. The van der Waals surface area contributed by atoms with E-state index in [0.29, 0.717) is 5.41 Å². The molecule has 168 valence electrons. The van der Waals surface area contributed by atoms with E-state index < -0.39 is 0 Å². The van der Waals surface area contributed by atoms with Gasteiger partial charge in [0.25, 0.3) is 0 Å². The molecule has 0 aliphatic carbocycles. The SMILES string of the molecule is Cc1nc2ccccc2n1C12CCCC(CC1)N2CCC1(c2ccccc2)CCNCC1. The van der Waals surface area contributed by atoms with Gasteiger partial charge in [-0.25, -0.2) is 4.98 Å². The fourth-order valence-corrected chi connectivity index (χ4v) is 7.36. The second-order valence-electron chi connectivity index (χ2n) is 10.4. The number of piperidine rings is 2. The summed E-state index contributed by atoms with van der Waals surface area (Å²) in [5.74, 6) is 1.18. The van der Waals surface area contributed by atoms with Gasteiger partial charge >= 0.3 is 0 Å². The zero-order valence-corrected chi connectivity index (χ0v) is 19.4.